The smallest absolute Gasteiger partial charge is 0.00726 e. The van der Waals surface area contributed by atoms with Crippen LogP contribution in [-0.2, 0) is 0 Å². The van der Waals surface area contributed by atoms with Gasteiger partial charge in [0, 0.05) is 24.1 Å². The molecule has 2 heterocycles. The molecule has 2 fully saturated rings. The van der Waals surface area contributed by atoms with Crippen LogP contribution in [0, 0.1) is 11.8 Å². The molecule has 17 heavy (non-hydrogen) atoms. The van der Waals surface area contributed by atoms with Gasteiger partial charge in [-0.1, -0.05) is 13.8 Å². The molecule has 0 aliphatic carbocycles. The van der Waals surface area contributed by atoms with Crippen molar-refractivity contribution in [2.75, 3.05) is 38.5 Å². The number of nitrogens with one attached hydrogen (secondary N) is 1. The molecular weight excluding hydrogens is 228 g/mol. The van der Waals surface area contributed by atoms with Crippen molar-refractivity contribution >= 4 is 11.8 Å². The van der Waals surface area contributed by atoms with Crippen molar-refractivity contribution < 1.29 is 0 Å². The maximum Gasteiger partial charge on any atom is 0.00726 e. The molecule has 0 spiro atoms. The van der Waals surface area contributed by atoms with E-state index in [2.05, 4.69) is 35.8 Å². The maximum atomic E-state index is 3.44. The summed E-state index contributed by atoms with van der Waals surface area (Å²) in [5.74, 6) is 3.17. The minimum absolute atomic E-state index is 0.872. The molecule has 2 nitrogen and oxygen atoms in total. The zero-order valence-electron chi connectivity index (χ0n) is 11.5. The van der Waals surface area contributed by atoms with Crippen LogP contribution in [0.5, 0.6) is 0 Å². The molecule has 0 aromatic heterocycles. The van der Waals surface area contributed by atoms with Crippen molar-refractivity contribution in [3.63, 3.8) is 0 Å². The van der Waals surface area contributed by atoms with Crippen LogP contribution in [0.15, 0.2) is 0 Å². The SMILES string of the molecule is CC(C)C1CCN(CCSC2CCNCC2)C1. The Hall–Kier alpha value is 0.270. The zero-order valence-corrected chi connectivity index (χ0v) is 12.3. The van der Waals surface area contributed by atoms with E-state index in [1.54, 1.807) is 0 Å². The molecule has 0 aromatic rings. The molecule has 0 amide bonds. The van der Waals surface area contributed by atoms with Gasteiger partial charge < -0.3 is 10.2 Å². The van der Waals surface area contributed by atoms with Gasteiger partial charge >= 0.3 is 0 Å². The van der Waals surface area contributed by atoms with Crippen LogP contribution in [0.25, 0.3) is 0 Å². The minimum atomic E-state index is 0.872. The van der Waals surface area contributed by atoms with E-state index in [9.17, 15) is 0 Å². The topological polar surface area (TPSA) is 15.3 Å². The highest BCUT2D eigenvalue weighted by Crippen LogP contribution is 2.25. The number of hydrogen-bond donors (Lipinski definition) is 1. The van der Waals surface area contributed by atoms with Crippen LogP contribution in [0.1, 0.15) is 33.1 Å². The van der Waals surface area contributed by atoms with E-state index < -0.39 is 0 Å². The molecule has 3 heteroatoms. The van der Waals surface area contributed by atoms with Gasteiger partial charge in [0.25, 0.3) is 0 Å². The lowest BCUT2D eigenvalue weighted by Crippen LogP contribution is -2.30. The fraction of sp³-hybridized carbons (Fsp3) is 1.00. The fourth-order valence-electron chi connectivity index (χ4n) is 2.92. The maximum absolute atomic E-state index is 3.44. The average molecular weight is 256 g/mol. The van der Waals surface area contributed by atoms with Gasteiger partial charge in [-0.3, -0.25) is 0 Å². The molecule has 1 unspecified atom stereocenters. The largest absolute Gasteiger partial charge is 0.317 e. The lowest BCUT2D eigenvalue weighted by molar-refractivity contribution is 0.319. The first-order valence-corrected chi connectivity index (χ1v) is 8.35. The predicted molar refractivity (Wildman–Crippen MR) is 77.7 cm³/mol. The van der Waals surface area contributed by atoms with E-state index in [4.69, 9.17) is 0 Å². The van der Waals surface area contributed by atoms with Gasteiger partial charge in [0.05, 0.1) is 0 Å². The average Bonchev–Trinajstić information content (AvgIpc) is 2.79. The molecule has 100 valence electrons. The fourth-order valence-corrected chi connectivity index (χ4v) is 4.19. The minimum Gasteiger partial charge on any atom is -0.317 e. The molecule has 0 bridgehead atoms. The second-order valence-corrected chi connectivity index (χ2v) is 7.32. The Morgan fingerprint density at radius 2 is 2.00 bits per heavy atom. The van der Waals surface area contributed by atoms with Gasteiger partial charge in [-0.05, 0) is 50.7 Å². The molecule has 2 aliphatic heterocycles. The highest BCUT2D eigenvalue weighted by atomic mass is 32.2. The summed E-state index contributed by atoms with van der Waals surface area (Å²) in [6, 6.07) is 0. The Morgan fingerprint density at radius 3 is 2.65 bits per heavy atom. The van der Waals surface area contributed by atoms with E-state index >= 15 is 0 Å². The van der Waals surface area contributed by atoms with Crippen molar-refractivity contribution in [2.45, 2.75) is 38.4 Å². The standard InChI is InChI=1S/C14H28N2S/c1-12(2)13-5-8-16(11-13)9-10-17-14-3-6-15-7-4-14/h12-15H,3-11H2,1-2H3. The van der Waals surface area contributed by atoms with Gasteiger partial charge in [0.15, 0.2) is 0 Å². The molecule has 0 aromatic carbocycles. The second-order valence-electron chi connectivity index (χ2n) is 5.91. The number of thioether (sulfide) groups is 1. The quantitative estimate of drug-likeness (QED) is 0.813. The highest BCUT2D eigenvalue weighted by Gasteiger charge is 2.24. The van der Waals surface area contributed by atoms with Crippen molar-refractivity contribution in [1.29, 1.82) is 0 Å². The van der Waals surface area contributed by atoms with Gasteiger partial charge in [0.1, 0.15) is 0 Å². The van der Waals surface area contributed by atoms with Crippen molar-refractivity contribution in [1.82, 2.24) is 10.2 Å². The summed E-state index contributed by atoms with van der Waals surface area (Å²) < 4.78 is 0. The Kier molecular flexibility index (Phi) is 5.64. The first-order valence-electron chi connectivity index (χ1n) is 7.30. The van der Waals surface area contributed by atoms with Gasteiger partial charge in [-0.15, -0.1) is 0 Å². The van der Waals surface area contributed by atoms with Crippen LogP contribution < -0.4 is 5.32 Å². The molecule has 1 N–H and O–H groups in total. The molecular formula is C14H28N2S. The first-order chi connectivity index (χ1) is 8.25. The van der Waals surface area contributed by atoms with Crippen LogP contribution in [0.4, 0.5) is 0 Å². The lowest BCUT2D eigenvalue weighted by Gasteiger charge is -2.23. The van der Waals surface area contributed by atoms with Gasteiger partial charge in [-0.2, -0.15) is 11.8 Å². The molecule has 0 saturated carbocycles. The third-order valence-electron chi connectivity index (χ3n) is 4.30. The van der Waals surface area contributed by atoms with Crippen molar-refractivity contribution in [3.8, 4) is 0 Å². The first kappa shape index (κ1) is 13.7. The second kappa shape index (κ2) is 7.01. The van der Waals surface area contributed by atoms with Crippen molar-refractivity contribution in [3.05, 3.63) is 0 Å². The van der Waals surface area contributed by atoms with Crippen molar-refractivity contribution in [2.24, 2.45) is 11.8 Å². The molecule has 1 atom stereocenters. The number of hydrogen-bond acceptors (Lipinski definition) is 3. The summed E-state index contributed by atoms with van der Waals surface area (Å²) >= 11 is 2.21. The van der Waals surface area contributed by atoms with E-state index in [1.807, 2.05) is 0 Å². The summed E-state index contributed by atoms with van der Waals surface area (Å²) in [6.45, 7) is 11.2. The Bertz CT molecular complexity index is 214. The summed E-state index contributed by atoms with van der Waals surface area (Å²) in [6.07, 6.45) is 4.17. The molecule has 2 rings (SSSR count). The van der Waals surface area contributed by atoms with E-state index in [-0.39, 0.29) is 0 Å². The summed E-state index contributed by atoms with van der Waals surface area (Å²) in [5.41, 5.74) is 0. The Morgan fingerprint density at radius 1 is 1.24 bits per heavy atom. The lowest BCUT2D eigenvalue weighted by atomic mass is 9.95. The number of rotatable bonds is 5. The van der Waals surface area contributed by atoms with E-state index in [0.29, 0.717) is 0 Å². The monoisotopic (exact) mass is 256 g/mol. The van der Waals surface area contributed by atoms with Crippen LogP contribution in [-0.4, -0.2) is 48.6 Å². The van der Waals surface area contributed by atoms with Gasteiger partial charge in [-0.25, -0.2) is 0 Å². The summed E-state index contributed by atoms with van der Waals surface area (Å²) in [4.78, 5) is 2.68. The number of likely N-dealkylation sites (tertiary alicyclic amines) is 1. The molecule has 0 radical (unpaired) electrons. The number of nitrogens with zero attached hydrogens (tertiary/aromatic N) is 1. The Balaban J connectivity index is 1.56. The highest BCUT2D eigenvalue weighted by molar-refractivity contribution is 7.99. The summed E-state index contributed by atoms with van der Waals surface area (Å²) in [7, 11) is 0. The predicted octanol–water partition coefficient (Wildman–Crippen LogP) is 2.45. The number of piperidine rings is 1. The van der Waals surface area contributed by atoms with Crippen LogP contribution in [0.3, 0.4) is 0 Å². The van der Waals surface area contributed by atoms with Gasteiger partial charge in [0.2, 0.25) is 0 Å². The zero-order chi connectivity index (χ0) is 12.1. The molecule has 2 aliphatic rings. The third-order valence-corrected chi connectivity index (χ3v) is 5.66. The summed E-state index contributed by atoms with van der Waals surface area (Å²) in [5, 5.41) is 4.37. The Labute approximate surface area is 111 Å². The van der Waals surface area contributed by atoms with Crippen LogP contribution in [0.2, 0.25) is 0 Å². The van der Waals surface area contributed by atoms with Crippen LogP contribution >= 0.6 is 11.8 Å². The third kappa shape index (κ3) is 4.46. The normalized spacial score (nSPS) is 28.1. The van der Waals surface area contributed by atoms with E-state index in [0.717, 1.165) is 17.1 Å². The molecule has 2 saturated heterocycles. The van der Waals surface area contributed by atoms with E-state index in [1.165, 1.54) is 57.7 Å².